The lowest BCUT2D eigenvalue weighted by atomic mass is 10.2. The minimum absolute atomic E-state index is 0.508. The summed E-state index contributed by atoms with van der Waals surface area (Å²) in [6, 6.07) is 7.49. The topological polar surface area (TPSA) is 29.4 Å². The van der Waals surface area contributed by atoms with Crippen LogP contribution in [0.2, 0.25) is 0 Å². The maximum absolute atomic E-state index is 11.1. The van der Waals surface area contributed by atoms with Crippen molar-refractivity contribution in [3.63, 3.8) is 0 Å². The number of nitrogens with zero attached hydrogens (tertiary/aromatic N) is 1. The van der Waals surface area contributed by atoms with Gasteiger partial charge in [0.25, 0.3) is 0 Å². The first-order valence-corrected chi connectivity index (χ1v) is 5.66. The van der Waals surface area contributed by atoms with Crippen LogP contribution in [0.4, 0.5) is 0 Å². The second kappa shape index (κ2) is 5.02. The van der Waals surface area contributed by atoms with Crippen molar-refractivity contribution in [3.05, 3.63) is 29.8 Å². The lowest BCUT2D eigenvalue weighted by molar-refractivity contribution is 0.686. The van der Waals surface area contributed by atoms with E-state index in [2.05, 4.69) is 22.4 Å². The maximum atomic E-state index is 11.1. The van der Waals surface area contributed by atoms with Crippen LogP contribution in [0, 0.1) is 0 Å². The standard InChI is InChI=1S/C9H9NOS2/c1-13(11)9-4-2-3-8(5-9)6-10-7-12/h2-5H,6H2,1H3. The van der Waals surface area contributed by atoms with Crippen molar-refractivity contribution in [2.24, 2.45) is 4.99 Å². The van der Waals surface area contributed by atoms with Crippen LogP contribution in [0.3, 0.4) is 0 Å². The Morgan fingerprint density at radius 2 is 2.38 bits per heavy atom. The van der Waals surface area contributed by atoms with Gasteiger partial charge >= 0.3 is 0 Å². The number of hydrogen-bond acceptors (Lipinski definition) is 3. The van der Waals surface area contributed by atoms with Crippen molar-refractivity contribution in [2.75, 3.05) is 6.26 Å². The van der Waals surface area contributed by atoms with Crippen LogP contribution in [-0.2, 0) is 17.3 Å². The number of hydrogen-bond donors (Lipinski definition) is 0. The van der Waals surface area contributed by atoms with Gasteiger partial charge < -0.3 is 0 Å². The molecular formula is C9H9NOS2. The predicted octanol–water partition coefficient (Wildman–Crippen LogP) is 2.03. The molecule has 0 aliphatic heterocycles. The molecule has 1 rings (SSSR count). The molecule has 2 nitrogen and oxygen atoms in total. The Labute approximate surface area is 85.2 Å². The van der Waals surface area contributed by atoms with E-state index in [-0.39, 0.29) is 0 Å². The van der Waals surface area contributed by atoms with E-state index in [0.717, 1.165) is 10.5 Å². The summed E-state index contributed by atoms with van der Waals surface area (Å²) in [6.07, 6.45) is 1.65. The predicted molar refractivity (Wildman–Crippen MR) is 57.5 cm³/mol. The lowest BCUT2D eigenvalue weighted by Gasteiger charge is -1.98. The molecule has 0 heterocycles. The van der Waals surface area contributed by atoms with E-state index in [9.17, 15) is 4.21 Å². The van der Waals surface area contributed by atoms with Gasteiger partial charge in [-0.25, -0.2) is 4.99 Å². The normalized spacial score (nSPS) is 11.8. The van der Waals surface area contributed by atoms with Gasteiger partial charge in [0.2, 0.25) is 0 Å². The van der Waals surface area contributed by atoms with Gasteiger partial charge in [-0.1, -0.05) is 12.1 Å². The van der Waals surface area contributed by atoms with Crippen molar-refractivity contribution < 1.29 is 4.21 Å². The van der Waals surface area contributed by atoms with Crippen molar-refractivity contribution in [3.8, 4) is 0 Å². The molecule has 68 valence electrons. The molecule has 0 amide bonds. The Morgan fingerprint density at radius 3 is 3.00 bits per heavy atom. The lowest BCUT2D eigenvalue weighted by Crippen LogP contribution is -1.89. The number of aliphatic imine (C=N–C) groups is 1. The average molecular weight is 211 g/mol. The SMILES string of the molecule is CS(=O)c1cccc(CN=C=S)c1. The quantitative estimate of drug-likeness (QED) is 0.565. The molecule has 1 aromatic carbocycles. The Kier molecular flexibility index (Phi) is 3.96. The van der Waals surface area contributed by atoms with Crippen molar-refractivity contribution in [2.45, 2.75) is 11.4 Å². The van der Waals surface area contributed by atoms with Crippen LogP contribution >= 0.6 is 12.2 Å². The molecule has 0 N–H and O–H groups in total. The van der Waals surface area contributed by atoms with Crippen LogP contribution in [-0.4, -0.2) is 15.6 Å². The molecule has 13 heavy (non-hydrogen) atoms. The van der Waals surface area contributed by atoms with Crippen LogP contribution in [0.15, 0.2) is 34.2 Å². The summed E-state index contributed by atoms with van der Waals surface area (Å²) in [5, 5.41) is 2.30. The van der Waals surface area contributed by atoms with Crippen LogP contribution in [0.25, 0.3) is 0 Å². The zero-order chi connectivity index (χ0) is 9.68. The molecule has 0 saturated carbocycles. The second-order valence-corrected chi connectivity index (χ2v) is 4.07. The number of benzene rings is 1. The van der Waals surface area contributed by atoms with Gasteiger partial charge in [0.05, 0.1) is 11.7 Å². The van der Waals surface area contributed by atoms with Gasteiger partial charge in [-0.2, -0.15) is 0 Å². The fraction of sp³-hybridized carbons (Fsp3) is 0.222. The summed E-state index contributed by atoms with van der Waals surface area (Å²) in [6.45, 7) is 0.508. The molecule has 0 aliphatic carbocycles. The first-order chi connectivity index (χ1) is 6.24. The molecule has 0 fully saturated rings. The van der Waals surface area contributed by atoms with Gasteiger partial charge in [-0.15, -0.1) is 0 Å². The molecule has 0 radical (unpaired) electrons. The molecule has 4 heteroatoms. The maximum Gasteiger partial charge on any atom is 0.0743 e. The van der Waals surface area contributed by atoms with Crippen LogP contribution < -0.4 is 0 Å². The minimum Gasteiger partial charge on any atom is -0.255 e. The van der Waals surface area contributed by atoms with Gasteiger partial charge in [-0.3, -0.25) is 4.21 Å². The molecule has 0 aliphatic rings. The summed E-state index contributed by atoms with van der Waals surface area (Å²) in [5.41, 5.74) is 1.00. The van der Waals surface area contributed by atoms with Gasteiger partial charge in [0, 0.05) is 22.0 Å². The Hall–Kier alpha value is -0.830. The first-order valence-electron chi connectivity index (χ1n) is 3.70. The highest BCUT2D eigenvalue weighted by atomic mass is 32.2. The van der Waals surface area contributed by atoms with Gasteiger partial charge in [0.15, 0.2) is 0 Å². The van der Waals surface area contributed by atoms with Crippen molar-refractivity contribution in [1.29, 1.82) is 0 Å². The largest absolute Gasteiger partial charge is 0.255 e. The van der Waals surface area contributed by atoms with Gasteiger partial charge in [-0.05, 0) is 29.9 Å². The first kappa shape index (κ1) is 10.3. The number of isothiocyanates is 1. The summed E-state index contributed by atoms with van der Waals surface area (Å²) in [4.78, 5) is 4.63. The molecule has 1 aromatic rings. The Morgan fingerprint density at radius 1 is 1.62 bits per heavy atom. The summed E-state index contributed by atoms with van der Waals surface area (Å²) < 4.78 is 11.1. The van der Waals surface area contributed by atoms with E-state index >= 15 is 0 Å². The monoisotopic (exact) mass is 211 g/mol. The fourth-order valence-corrected chi connectivity index (χ4v) is 1.60. The zero-order valence-corrected chi connectivity index (χ0v) is 8.82. The van der Waals surface area contributed by atoms with E-state index < -0.39 is 10.8 Å². The molecule has 0 spiro atoms. The third kappa shape index (κ3) is 3.19. The minimum atomic E-state index is -0.933. The highest BCUT2D eigenvalue weighted by molar-refractivity contribution is 7.84. The summed E-state index contributed by atoms with van der Waals surface area (Å²) in [5.74, 6) is 0. The summed E-state index contributed by atoms with van der Waals surface area (Å²) >= 11 is 4.46. The van der Waals surface area contributed by atoms with E-state index in [4.69, 9.17) is 0 Å². The average Bonchev–Trinajstić information content (AvgIpc) is 2.15. The van der Waals surface area contributed by atoms with E-state index in [1.807, 2.05) is 24.3 Å². The molecule has 1 unspecified atom stereocenters. The summed E-state index contributed by atoms with van der Waals surface area (Å²) in [7, 11) is -0.933. The zero-order valence-electron chi connectivity index (χ0n) is 7.19. The third-order valence-corrected chi connectivity index (χ3v) is 2.60. The smallest absolute Gasteiger partial charge is 0.0743 e. The highest BCUT2D eigenvalue weighted by Crippen LogP contribution is 2.09. The van der Waals surface area contributed by atoms with E-state index in [0.29, 0.717) is 6.54 Å². The Balaban J connectivity index is 2.91. The molecular weight excluding hydrogens is 202 g/mol. The third-order valence-electron chi connectivity index (χ3n) is 1.56. The van der Waals surface area contributed by atoms with Crippen LogP contribution in [0.5, 0.6) is 0 Å². The van der Waals surface area contributed by atoms with Crippen LogP contribution in [0.1, 0.15) is 5.56 Å². The Bertz CT molecular complexity index is 370. The number of thiocarbonyl (C=S) groups is 1. The van der Waals surface area contributed by atoms with E-state index in [1.165, 1.54) is 0 Å². The van der Waals surface area contributed by atoms with Crippen molar-refractivity contribution in [1.82, 2.24) is 0 Å². The molecule has 0 saturated heterocycles. The molecule has 0 aromatic heterocycles. The fourth-order valence-electron chi connectivity index (χ4n) is 0.946. The molecule has 0 bridgehead atoms. The van der Waals surface area contributed by atoms with E-state index in [1.54, 1.807) is 6.26 Å². The molecule has 1 atom stereocenters. The number of rotatable bonds is 3. The van der Waals surface area contributed by atoms with Gasteiger partial charge in [0.1, 0.15) is 0 Å². The van der Waals surface area contributed by atoms with Crippen molar-refractivity contribution >= 4 is 28.2 Å². The highest BCUT2D eigenvalue weighted by Gasteiger charge is 1.97. The second-order valence-electron chi connectivity index (χ2n) is 2.51.